The van der Waals surface area contributed by atoms with Crippen molar-refractivity contribution in [3.63, 3.8) is 0 Å². The molecule has 12 nitrogen and oxygen atoms in total. The molecule has 2 aliphatic rings. The van der Waals surface area contributed by atoms with Gasteiger partial charge in [-0.25, -0.2) is 9.97 Å². The molecule has 2 unspecified atom stereocenters. The first-order valence-electron chi connectivity index (χ1n) is 15.1. The van der Waals surface area contributed by atoms with E-state index in [0.29, 0.717) is 40.6 Å². The molecule has 2 atom stereocenters. The Balaban J connectivity index is 1.30. The average Bonchev–Trinajstić information content (AvgIpc) is 3.44. The van der Waals surface area contributed by atoms with Gasteiger partial charge in [-0.2, -0.15) is 13.2 Å². The van der Waals surface area contributed by atoms with E-state index in [9.17, 15) is 18.0 Å². The van der Waals surface area contributed by atoms with E-state index in [-0.39, 0.29) is 29.0 Å². The van der Waals surface area contributed by atoms with E-state index in [4.69, 9.17) is 14.1 Å². The number of rotatable bonds is 9. The maximum atomic E-state index is 13.4. The van der Waals surface area contributed by atoms with Gasteiger partial charge in [-0.3, -0.25) is 4.79 Å². The van der Waals surface area contributed by atoms with Crippen molar-refractivity contribution in [1.29, 1.82) is 0 Å². The Kier molecular flexibility index (Phi) is 7.58. The van der Waals surface area contributed by atoms with Crippen LogP contribution in [0, 0.1) is 11.8 Å². The third kappa shape index (κ3) is 5.49. The van der Waals surface area contributed by atoms with Crippen LogP contribution in [0.25, 0.3) is 33.6 Å². The molecule has 7 rings (SSSR count). The second-order valence-corrected chi connectivity index (χ2v) is 12.1. The number of anilines is 4. The fourth-order valence-corrected chi connectivity index (χ4v) is 6.75. The standard InChI is InChI=1S/C33H32F3N9O3/c1-6-27(46)38-22-11-23(26(47-5)12-25(22)45(4)29-20-14-43(2)15-21(20)29)39-32-37-13-18(30-41-42-31(48-30)33(34,35)36)28(40-32)19-16-44(3)24-10-8-7-9-17(19)24/h6-13,16,20-21,29H,1,14-15H2,2-5H3,(H,38,46)(H,37,39,40). The number of hydrogen-bond donors (Lipinski definition) is 2. The van der Waals surface area contributed by atoms with Crippen LogP contribution in [0.2, 0.25) is 0 Å². The molecule has 2 aromatic carbocycles. The molecule has 248 valence electrons. The molecular formula is C33H32F3N9O3. The van der Waals surface area contributed by atoms with E-state index in [1.165, 1.54) is 19.4 Å². The Morgan fingerprint density at radius 1 is 1.12 bits per heavy atom. The third-order valence-corrected chi connectivity index (χ3v) is 9.00. The van der Waals surface area contributed by atoms with Crippen LogP contribution < -0.4 is 20.3 Å². The molecule has 15 heteroatoms. The lowest BCUT2D eigenvalue weighted by Crippen LogP contribution is -2.31. The van der Waals surface area contributed by atoms with Gasteiger partial charge in [0.2, 0.25) is 11.9 Å². The van der Waals surface area contributed by atoms with Crippen LogP contribution in [0.15, 0.2) is 65.9 Å². The lowest BCUT2D eigenvalue weighted by molar-refractivity contribution is -0.157. The molecule has 1 aliphatic carbocycles. The average molecular weight is 660 g/mol. The van der Waals surface area contributed by atoms with Gasteiger partial charge >= 0.3 is 12.1 Å². The van der Waals surface area contributed by atoms with Gasteiger partial charge in [0.1, 0.15) is 5.75 Å². The highest BCUT2D eigenvalue weighted by Crippen LogP contribution is 2.51. The molecular weight excluding hydrogens is 627 g/mol. The molecule has 0 spiro atoms. The van der Waals surface area contributed by atoms with Gasteiger partial charge in [0, 0.05) is 68.2 Å². The summed E-state index contributed by atoms with van der Waals surface area (Å²) in [4.78, 5) is 26.2. The molecule has 0 bridgehead atoms. The van der Waals surface area contributed by atoms with Gasteiger partial charge in [0.25, 0.3) is 5.89 Å². The number of ether oxygens (including phenoxy) is 1. The van der Waals surface area contributed by atoms with Crippen LogP contribution >= 0.6 is 0 Å². The van der Waals surface area contributed by atoms with Crippen LogP contribution in [0.5, 0.6) is 5.75 Å². The summed E-state index contributed by atoms with van der Waals surface area (Å²) in [5.41, 5.74) is 3.62. The number of carbonyl (C=O) groups excluding carboxylic acids is 1. The van der Waals surface area contributed by atoms with Gasteiger partial charge in [-0.1, -0.05) is 24.8 Å². The number of aromatic nitrogens is 5. The first-order valence-corrected chi connectivity index (χ1v) is 15.1. The molecule has 1 amide bonds. The van der Waals surface area contributed by atoms with Gasteiger partial charge < -0.3 is 34.2 Å². The molecule has 4 heterocycles. The van der Waals surface area contributed by atoms with Crippen molar-refractivity contribution in [3.8, 4) is 28.5 Å². The normalized spacial score (nSPS) is 18.9. The first-order chi connectivity index (χ1) is 23.0. The highest BCUT2D eigenvalue weighted by Gasteiger charge is 2.57. The molecule has 3 aromatic heterocycles. The highest BCUT2D eigenvalue weighted by atomic mass is 19.4. The number of nitrogens with zero attached hydrogens (tertiary/aromatic N) is 7. The Hall–Kier alpha value is -5.44. The van der Waals surface area contributed by atoms with Crippen molar-refractivity contribution in [2.45, 2.75) is 12.2 Å². The van der Waals surface area contributed by atoms with Gasteiger partial charge in [0.05, 0.1) is 35.4 Å². The van der Waals surface area contributed by atoms with Crippen molar-refractivity contribution in [2.75, 3.05) is 49.8 Å². The number of piperidine rings is 1. The zero-order valence-corrected chi connectivity index (χ0v) is 26.5. The van der Waals surface area contributed by atoms with E-state index in [2.05, 4.69) is 49.2 Å². The van der Waals surface area contributed by atoms with Crippen molar-refractivity contribution in [2.24, 2.45) is 18.9 Å². The summed E-state index contributed by atoms with van der Waals surface area (Å²) in [7, 11) is 7.52. The van der Waals surface area contributed by atoms with Gasteiger partial charge in [-0.05, 0) is 37.1 Å². The summed E-state index contributed by atoms with van der Waals surface area (Å²) < 4.78 is 52.8. The molecule has 2 fully saturated rings. The predicted molar refractivity (Wildman–Crippen MR) is 174 cm³/mol. The quantitative estimate of drug-likeness (QED) is 0.194. The smallest absolute Gasteiger partial charge is 0.470 e. The van der Waals surface area contributed by atoms with Crippen molar-refractivity contribution >= 4 is 39.8 Å². The first kappa shape index (κ1) is 31.2. The van der Waals surface area contributed by atoms with Crippen molar-refractivity contribution in [1.82, 2.24) is 29.6 Å². The predicted octanol–water partition coefficient (Wildman–Crippen LogP) is 5.58. The third-order valence-electron chi connectivity index (χ3n) is 9.00. The number of aryl methyl sites for hydroxylation is 1. The van der Waals surface area contributed by atoms with Crippen LogP contribution in [0.1, 0.15) is 5.89 Å². The summed E-state index contributed by atoms with van der Waals surface area (Å²) >= 11 is 0. The summed E-state index contributed by atoms with van der Waals surface area (Å²) in [6.07, 6.45) is -0.474. The number of amides is 1. The summed E-state index contributed by atoms with van der Waals surface area (Å²) in [5, 5.41) is 13.8. The number of carbonyl (C=O) groups is 1. The number of alkyl halides is 3. The summed E-state index contributed by atoms with van der Waals surface area (Å²) in [6.45, 7) is 5.62. The highest BCUT2D eigenvalue weighted by molar-refractivity contribution is 6.02. The molecule has 1 saturated carbocycles. The van der Waals surface area contributed by atoms with E-state index >= 15 is 0 Å². The second kappa shape index (κ2) is 11.7. The second-order valence-electron chi connectivity index (χ2n) is 12.1. The summed E-state index contributed by atoms with van der Waals surface area (Å²) in [6, 6.07) is 11.5. The lowest BCUT2D eigenvalue weighted by atomic mass is 10.1. The number of fused-ring (bicyclic) bond motifs is 2. The van der Waals surface area contributed by atoms with E-state index in [1.54, 1.807) is 6.07 Å². The zero-order chi connectivity index (χ0) is 33.9. The van der Waals surface area contributed by atoms with Crippen LogP contribution in [0.4, 0.5) is 36.2 Å². The monoisotopic (exact) mass is 659 g/mol. The number of nitrogens with one attached hydrogen (secondary N) is 2. The number of methoxy groups -OCH3 is 1. The van der Waals surface area contributed by atoms with E-state index in [1.807, 2.05) is 55.2 Å². The number of likely N-dealkylation sites (tertiary alicyclic amines) is 1. The molecule has 0 radical (unpaired) electrons. The number of para-hydroxylation sites is 1. The Labute approximate surface area is 273 Å². The SMILES string of the molecule is C=CC(=O)Nc1cc(Nc2ncc(-c3nnc(C(F)(F)F)o3)c(-c3cn(C)c4ccccc34)n2)c(OC)cc1N(C)C1C2CN(C)CC21. The molecule has 5 aromatic rings. The maximum absolute atomic E-state index is 13.4. The molecule has 48 heavy (non-hydrogen) atoms. The topological polar surface area (TPSA) is 126 Å². The number of hydrogen-bond acceptors (Lipinski definition) is 10. The maximum Gasteiger partial charge on any atom is 0.470 e. The fourth-order valence-electron chi connectivity index (χ4n) is 6.75. The lowest BCUT2D eigenvalue weighted by Gasteiger charge is -2.27. The molecule has 2 N–H and O–H groups in total. The minimum absolute atomic E-state index is 0.109. The van der Waals surface area contributed by atoms with Crippen molar-refractivity contribution < 1.29 is 27.1 Å². The Morgan fingerprint density at radius 3 is 2.56 bits per heavy atom. The van der Waals surface area contributed by atoms with Gasteiger partial charge in [0.15, 0.2) is 0 Å². The minimum atomic E-state index is -4.82. The summed E-state index contributed by atoms with van der Waals surface area (Å²) in [5.74, 6) is -0.594. The minimum Gasteiger partial charge on any atom is -0.494 e. The van der Waals surface area contributed by atoms with Crippen molar-refractivity contribution in [3.05, 3.63) is 67.3 Å². The molecule has 1 aliphatic heterocycles. The van der Waals surface area contributed by atoms with Crippen LogP contribution in [-0.2, 0) is 18.0 Å². The van der Waals surface area contributed by atoms with E-state index in [0.717, 1.165) is 29.7 Å². The van der Waals surface area contributed by atoms with Crippen LogP contribution in [0.3, 0.4) is 0 Å². The number of benzene rings is 2. The Morgan fingerprint density at radius 2 is 1.88 bits per heavy atom. The van der Waals surface area contributed by atoms with Crippen LogP contribution in [-0.4, -0.2) is 75.9 Å². The Bertz CT molecular complexity index is 2050. The zero-order valence-electron chi connectivity index (χ0n) is 26.5. The largest absolute Gasteiger partial charge is 0.494 e. The molecule has 1 saturated heterocycles. The fraction of sp³-hybridized carbons (Fsp3) is 0.303. The van der Waals surface area contributed by atoms with E-state index < -0.39 is 12.1 Å². The number of halogens is 3. The van der Waals surface area contributed by atoms with Gasteiger partial charge in [-0.15, -0.1) is 10.2 Å².